The molecule has 1 heterocycles. The summed E-state index contributed by atoms with van der Waals surface area (Å²) in [5.41, 5.74) is 1.42. The first-order valence-corrected chi connectivity index (χ1v) is 3.77. The van der Waals surface area contributed by atoms with Crippen LogP contribution in [0, 0.1) is 12.3 Å². The maximum Gasteiger partial charge on any atom is 0.144 e. The first-order valence-electron chi connectivity index (χ1n) is 3.43. The van der Waals surface area contributed by atoms with E-state index in [1.165, 1.54) is 4.20 Å². The van der Waals surface area contributed by atoms with Gasteiger partial charge in [0.05, 0.1) is 5.52 Å². The van der Waals surface area contributed by atoms with Gasteiger partial charge in [0.15, 0.2) is 0 Å². The van der Waals surface area contributed by atoms with Gasteiger partial charge in [-0.3, -0.25) is 0 Å². The van der Waals surface area contributed by atoms with Crippen molar-refractivity contribution in [1.82, 2.24) is 9.30 Å². The summed E-state index contributed by atoms with van der Waals surface area (Å²) in [6.07, 6.45) is 5.24. The molecule has 1 aromatic heterocycles. The van der Waals surface area contributed by atoms with Crippen LogP contribution in [0.4, 0.5) is 0 Å². The molecule has 0 amide bonds. The van der Waals surface area contributed by atoms with Crippen LogP contribution in [0.25, 0.3) is 10.9 Å². The van der Waals surface area contributed by atoms with Gasteiger partial charge in [-0.15, -0.1) is 11.5 Å². The Labute approximate surface area is 74.9 Å². The molecular weight excluding hydrogens is 172 g/mol. The molecule has 58 valence electrons. The molecule has 0 aliphatic heterocycles. The number of hydrogen-bond acceptors (Lipinski definition) is 1. The van der Waals surface area contributed by atoms with Crippen molar-refractivity contribution in [3.63, 3.8) is 0 Å². The van der Waals surface area contributed by atoms with E-state index in [9.17, 15) is 0 Å². The summed E-state index contributed by atoms with van der Waals surface area (Å²) in [5, 5.41) is 4.87. The van der Waals surface area contributed by atoms with Crippen molar-refractivity contribution in [2.24, 2.45) is 0 Å². The minimum Gasteiger partial charge on any atom is -0.171 e. The van der Waals surface area contributed by atoms with Crippen LogP contribution in [-0.4, -0.2) is 9.30 Å². The predicted molar refractivity (Wildman–Crippen MR) is 48.9 cm³/mol. The highest BCUT2D eigenvalue weighted by atomic mass is 35.5. The number of para-hydroxylation sites is 1. The van der Waals surface area contributed by atoms with E-state index >= 15 is 0 Å². The maximum atomic E-state index is 5.77. The van der Waals surface area contributed by atoms with Crippen molar-refractivity contribution in [2.75, 3.05) is 0 Å². The van der Waals surface area contributed by atoms with Gasteiger partial charge in [0.1, 0.15) is 5.69 Å². The van der Waals surface area contributed by atoms with Gasteiger partial charge in [-0.05, 0) is 18.1 Å². The Morgan fingerprint density at radius 3 is 2.92 bits per heavy atom. The first kappa shape index (κ1) is 7.20. The lowest BCUT2D eigenvalue weighted by molar-refractivity contribution is 1.01. The van der Waals surface area contributed by atoms with Gasteiger partial charge in [-0.1, -0.05) is 12.1 Å². The molecule has 0 aliphatic rings. The largest absolute Gasteiger partial charge is 0.171 e. The van der Waals surface area contributed by atoms with Gasteiger partial charge in [-0.2, -0.15) is 4.20 Å². The Bertz CT molecular complexity index is 465. The van der Waals surface area contributed by atoms with Gasteiger partial charge < -0.3 is 0 Å². The summed E-state index contributed by atoms with van der Waals surface area (Å²) < 4.78 is 1.27. The summed E-state index contributed by atoms with van der Waals surface area (Å²) in [6.45, 7) is 0. The lowest BCUT2D eigenvalue weighted by Crippen LogP contribution is -1.80. The molecule has 0 N–H and O–H groups in total. The zero-order valence-corrected chi connectivity index (χ0v) is 6.92. The predicted octanol–water partition coefficient (Wildman–Crippen LogP) is 2.02. The van der Waals surface area contributed by atoms with Gasteiger partial charge in [0.25, 0.3) is 0 Å². The normalized spacial score (nSPS) is 10.0. The van der Waals surface area contributed by atoms with Gasteiger partial charge in [-0.25, -0.2) is 0 Å². The van der Waals surface area contributed by atoms with Crippen LogP contribution in [0.5, 0.6) is 0 Å². The Morgan fingerprint density at radius 1 is 1.42 bits per heavy atom. The summed E-state index contributed by atoms with van der Waals surface area (Å²) in [7, 11) is 0. The molecule has 2 aromatic rings. The standard InChI is InChI=1S/C9H5ClN2/c1-2-8-7-5-3-4-6-9(7)12(10)11-8/h1,3-6H. The van der Waals surface area contributed by atoms with Crippen molar-refractivity contribution in [3.8, 4) is 12.3 Å². The Balaban J connectivity index is 2.94. The van der Waals surface area contributed by atoms with E-state index in [1.54, 1.807) is 0 Å². The lowest BCUT2D eigenvalue weighted by Gasteiger charge is -1.87. The van der Waals surface area contributed by atoms with Crippen LogP contribution < -0.4 is 0 Å². The topological polar surface area (TPSA) is 17.8 Å². The summed E-state index contributed by atoms with van der Waals surface area (Å²) in [6, 6.07) is 7.57. The Kier molecular flexibility index (Phi) is 1.53. The number of hydrogen-bond donors (Lipinski definition) is 0. The molecular formula is C9H5ClN2. The molecule has 0 fully saturated rings. The van der Waals surface area contributed by atoms with Crippen LogP contribution in [0.15, 0.2) is 24.3 Å². The minimum absolute atomic E-state index is 0.584. The number of fused-ring (bicyclic) bond motifs is 1. The van der Waals surface area contributed by atoms with E-state index in [0.29, 0.717) is 5.69 Å². The van der Waals surface area contributed by atoms with Crippen molar-refractivity contribution in [1.29, 1.82) is 0 Å². The highest BCUT2D eigenvalue weighted by Gasteiger charge is 2.04. The number of benzene rings is 1. The smallest absolute Gasteiger partial charge is 0.144 e. The molecule has 0 spiro atoms. The third-order valence-electron chi connectivity index (χ3n) is 1.68. The fourth-order valence-electron chi connectivity index (χ4n) is 1.14. The fourth-order valence-corrected chi connectivity index (χ4v) is 1.36. The van der Waals surface area contributed by atoms with Crippen LogP contribution in [0.2, 0.25) is 0 Å². The van der Waals surface area contributed by atoms with Gasteiger partial charge in [0, 0.05) is 17.2 Å². The Morgan fingerprint density at radius 2 is 2.17 bits per heavy atom. The van der Waals surface area contributed by atoms with Crippen LogP contribution in [0.1, 0.15) is 5.69 Å². The second kappa shape index (κ2) is 2.54. The first-order chi connectivity index (χ1) is 5.83. The molecule has 0 aliphatic carbocycles. The Hall–Kier alpha value is -1.46. The SMILES string of the molecule is C#Cc1nn(Cl)c2ccccc12. The number of aromatic nitrogens is 2. The second-order valence-electron chi connectivity index (χ2n) is 2.37. The molecule has 0 bridgehead atoms. The van der Waals surface area contributed by atoms with Crippen molar-refractivity contribution >= 4 is 22.7 Å². The molecule has 0 saturated carbocycles. The maximum absolute atomic E-state index is 5.77. The molecule has 0 saturated heterocycles. The highest BCUT2D eigenvalue weighted by Crippen LogP contribution is 2.17. The minimum atomic E-state index is 0.584. The van der Waals surface area contributed by atoms with Crippen LogP contribution in [-0.2, 0) is 0 Å². The average Bonchev–Trinajstić information content (AvgIpc) is 2.44. The van der Waals surface area contributed by atoms with E-state index in [0.717, 1.165) is 10.9 Å². The molecule has 3 heteroatoms. The van der Waals surface area contributed by atoms with Gasteiger partial charge in [0.2, 0.25) is 0 Å². The zero-order valence-electron chi connectivity index (χ0n) is 6.16. The summed E-state index contributed by atoms with van der Waals surface area (Å²) in [4.78, 5) is 0. The molecule has 12 heavy (non-hydrogen) atoms. The van der Waals surface area contributed by atoms with Crippen molar-refractivity contribution in [3.05, 3.63) is 30.0 Å². The number of terminal acetylenes is 1. The quantitative estimate of drug-likeness (QED) is 0.562. The second-order valence-corrected chi connectivity index (χ2v) is 2.69. The fraction of sp³-hybridized carbons (Fsp3) is 0. The van der Waals surface area contributed by atoms with E-state index in [2.05, 4.69) is 11.0 Å². The van der Waals surface area contributed by atoms with Crippen LogP contribution in [0.3, 0.4) is 0 Å². The molecule has 0 atom stereocenters. The summed E-state index contributed by atoms with van der Waals surface area (Å²) >= 11 is 5.77. The third kappa shape index (κ3) is 0.876. The van der Waals surface area contributed by atoms with Gasteiger partial charge >= 0.3 is 0 Å². The van der Waals surface area contributed by atoms with Crippen LogP contribution >= 0.6 is 11.8 Å². The van der Waals surface area contributed by atoms with E-state index in [4.69, 9.17) is 18.2 Å². The van der Waals surface area contributed by atoms with E-state index in [-0.39, 0.29) is 0 Å². The molecule has 2 rings (SSSR count). The third-order valence-corrected chi connectivity index (χ3v) is 1.94. The van der Waals surface area contributed by atoms with E-state index < -0.39 is 0 Å². The monoisotopic (exact) mass is 176 g/mol. The molecule has 0 unspecified atom stereocenters. The summed E-state index contributed by atoms with van der Waals surface area (Å²) in [5.74, 6) is 2.47. The molecule has 1 aromatic carbocycles. The van der Waals surface area contributed by atoms with Crippen molar-refractivity contribution < 1.29 is 0 Å². The number of nitrogens with zero attached hydrogens (tertiary/aromatic N) is 2. The van der Waals surface area contributed by atoms with Crippen molar-refractivity contribution in [2.45, 2.75) is 0 Å². The van der Waals surface area contributed by atoms with E-state index in [1.807, 2.05) is 24.3 Å². The number of halogens is 1. The molecule has 0 radical (unpaired) electrons. The average molecular weight is 177 g/mol. The lowest BCUT2D eigenvalue weighted by atomic mass is 10.2. The molecule has 2 nitrogen and oxygen atoms in total. The highest BCUT2D eigenvalue weighted by molar-refractivity contribution is 6.18. The number of rotatable bonds is 0. The zero-order chi connectivity index (χ0) is 8.55.